The first-order valence-electron chi connectivity index (χ1n) is 15.1. The van der Waals surface area contributed by atoms with Gasteiger partial charge < -0.3 is 29.7 Å². The van der Waals surface area contributed by atoms with E-state index in [1.165, 1.54) is 4.80 Å². The molecule has 1 unspecified atom stereocenters. The molecule has 0 aliphatic carbocycles. The first kappa shape index (κ1) is 29.3. The zero-order valence-electron chi connectivity index (χ0n) is 25.8. The monoisotopic (exact) mass is 623 g/mol. The minimum atomic E-state index is -0.187. The number of hydrogen-bond donors (Lipinski definition) is 2. The van der Waals surface area contributed by atoms with Crippen LogP contribution in [-0.2, 0) is 16.5 Å². The molecule has 2 fully saturated rings. The van der Waals surface area contributed by atoms with E-state index in [4.69, 9.17) is 24.2 Å². The van der Waals surface area contributed by atoms with Crippen LogP contribution in [0.25, 0.3) is 22.6 Å². The lowest BCUT2D eigenvalue weighted by Gasteiger charge is -2.28. The average Bonchev–Trinajstić information content (AvgIpc) is 3.67. The Morgan fingerprint density at radius 1 is 1.04 bits per heavy atom. The number of methoxy groups -OCH3 is 1. The summed E-state index contributed by atoms with van der Waals surface area (Å²) in [4.78, 5) is 22.5. The third kappa shape index (κ3) is 5.61. The number of nitrogens with zero attached hydrogens (tertiary/aromatic N) is 11. The summed E-state index contributed by atoms with van der Waals surface area (Å²) < 4.78 is 19.5. The Morgan fingerprint density at radius 2 is 1.91 bits per heavy atom. The van der Waals surface area contributed by atoms with Crippen LogP contribution in [0.4, 0.5) is 28.8 Å². The minimum Gasteiger partial charge on any atom is -0.494 e. The lowest BCUT2D eigenvalue weighted by atomic mass is 10.1. The Kier molecular flexibility index (Phi) is 7.99. The van der Waals surface area contributed by atoms with Gasteiger partial charge in [-0.2, -0.15) is 10.1 Å². The number of rotatable bonds is 8. The van der Waals surface area contributed by atoms with Crippen LogP contribution in [-0.4, -0.2) is 84.7 Å². The summed E-state index contributed by atoms with van der Waals surface area (Å²) in [6.45, 7) is 5.07. The van der Waals surface area contributed by atoms with Crippen LogP contribution in [0.15, 0.2) is 30.5 Å². The third-order valence-corrected chi connectivity index (χ3v) is 7.93. The summed E-state index contributed by atoms with van der Waals surface area (Å²) in [5.41, 5.74) is 3.55. The molecule has 16 heteroatoms. The molecule has 0 saturated carbocycles. The third-order valence-electron chi connectivity index (χ3n) is 7.93. The van der Waals surface area contributed by atoms with Gasteiger partial charge in [0.25, 0.3) is 0 Å². The van der Waals surface area contributed by atoms with E-state index in [1.807, 2.05) is 40.7 Å². The van der Waals surface area contributed by atoms with Gasteiger partial charge in [0.2, 0.25) is 5.82 Å². The van der Waals surface area contributed by atoms with Crippen LogP contribution in [0.1, 0.15) is 37.0 Å². The predicted molar refractivity (Wildman–Crippen MR) is 168 cm³/mol. The molecule has 2 N–H and O–H groups in total. The number of nitrogens with one attached hydrogen (secondary N) is 2. The maximum Gasteiger partial charge on any atom is 0.208 e. The van der Waals surface area contributed by atoms with Gasteiger partial charge in [0.05, 0.1) is 50.5 Å². The number of benzene rings is 1. The summed E-state index contributed by atoms with van der Waals surface area (Å²) in [5, 5.41) is 29.2. The van der Waals surface area contributed by atoms with Crippen LogP contribution >= 0.6 is 0 Å². The Morgan fingerprint density at radius 3 is 2.65 bits per heavy atom. The zero-order chi connectivity index (χ0) is 31.6. The summed E-state index contributed by atoms with van der Waals surface area (Å²) in [7, 11) is 3.31. The van der Waals surface area contributed by atoms with E-state index in [9.17, 15) is 5.26 Å². The molecule has 5 aromatic rings. The molecule has 4 aromatic heterocycles. The van der Waals surface area contributed by atoms with E-state index in [0.29, 0.717) is 90.0 Å². The number of nitriles is 1. The molecule has 0 amide bonds. The number of imidazole rings is 1. The van der Waals surface area contributed by atoms with Crippen LogP contribution in [0.5, 0.6) is 5.75 Å². The lowest BCUT2D eigenvalue weighted by Crippen LogP contribution is -2.37. The molecule has 16 nitrogen and oxygen atoms in total. The Labute approximate surface area is 264 Å². The summed E-state index contributed by atoms with van der Waals surface area (Å²) in [5.74, 6) is 3.17. The van der Waals surface area contributed by atoms with Gasteiger partial charge in [-0.3, -0.25) is 4.57 Å². The molecule has 2 saturated heterocycles. The van der Waals surface area contributed by atoms with E-state index in [0.717, 1.165) is 25.1 Å². The lowest BCUT2D eigenvalue weighted by molar-refractivity contribution is -0.0308. The molecule has 2 aliphatic rings. The number of morpholine rings is 1. The second kappa shape index (κ2) is 12.5. The van der Waals surface area contributed by atoms with Gasteiger partial charge in [0.15, 0.2) is 28.7 Å². The quantitative estimate of drug-likeness (QED) is 0.256. The van der Waals surface area contributed by atoms with Crippen molar-refractivity contribution in [3.05, 3.63) is 42.0 Å². The van der Waals surface area contributed by atoms with Crippen LogP contribution < -0.4 is 20.3 Å². The van der Waals surface area contributed by atoms with Crippen molar-refractivity contribution in [2.24, 2.45) is 7.05 Å². The first-order chi connectivity index (χ1) is 22.5. The number of aryl methyl sites for hydroxylation is 2. The fourth-order valence-electron chi connectivity index (χ4n) is 5.83. The second-order valence-corrected chi connectivity index (χ2v) is 11.0. The molecule has 6 heterocycles. The molecule has 1 atom stereocenters. The van der Waals surface area contributed by atoms with Crippen molar-refractivity contribution >= 4 is 40.0 Å². The summed E-state index contributed by atoms with van der Waals surface area (Å²) in [6.07, 6.45) is 4.35. The summed E-state index contributed by atoms with van der Waals surface area (Å²) in [6, 6.07) is 9.71. The fourth-order valence-corrected chi connectivity index (χ4v) is 5.83. The molecule has 236 valence electrons. The topological polar surface area (TPSA) is 179 Å². The Balaban J connectivity index is 1.30. The minimum absolute atomic E-state index is 0.187. The number of ether oxygens (including phenoxy) is 3. The molecule has 2 aliphatic heterocycles. The van der Waals surface area contributed by atoms with Gasteiger partial charge in [-0.1, -0.05) is 6.07 Å². The van der Waals surface area contributed by atoms with Crippen molar-refractivity contribution in [2.75, 3.05) is 55.6 Å². The molecule has 1 aromatic carbocycles. The van der Waals surface area contributed by atoms with Gasteiger partial charge >= 0.3 is 0 Å². The van der Waals surface area contributed by atoms with Crippen molar-refractivity contribution in [3.63, 3.8) is 0 Å². The number of pyridine rings is 1. The average molecular weight is 624 g/mol. The number of anilines is 5. The normalized spacial score (nSPS) is 16.7. The van der Waals surface area contributed by atoms with E-state index < -0.39 is 0 Å². The molecular weight excluding hydrogens is 590 g/mol. The Bertz CT molecular complexity index is 1920. The zero-order valence-corrected chi connectivity index (χ0v) is 25.8. The number of tetrazole rings is 1. The van der Waals surface area contributed by atoms with E-state index in [2.05, 4.69) is 42.1 Å². The molecule has 7 rings (SSSR count). The largest absolute Gasteiger partial charge is 0.494 e. The number of para-hydroxylation sites is 1. The maximum atomic E-state index is 9.91. The molecule has 0 bridgehead atoms. The van der Waals surface area contributed by atoms with Crippen molar-refractivity contribution < 1.29 is 14.2 Å². The standard InChI is InChI=1S/C30H33N13O3/c1-18-33-26-21(34-20-8-6-7-19(27(20)44-3)28-38-40-41(2)39-28)15-23(37-30(26)43(18)25-9-4-5-12-46-25)36-24-17-32-29(22(16-31)35-24)42-10-13-45-14-11-42/h6-8,15,17,25H,4-5,9-14H2,1-3H3,(H2,34,35,36,37). The molecule has 46 heavy (non-hydrogen) atoms. The van der Waals surface area contributed by atoms with E-state index in [-0.39, 0.29) is 11.9 Å². The molecule has 0 spiro atoms. The second-order valence-electron chi connectivity index (χ2n) is 11.0. The van der Waals surface area contributed by atoms with Crippen molar-refractivity contribution in [3.8, 4) is 23.2 Å². The van der Waals surface area contributed by atoms with E-state index in [1.54, 1.807) is 20.4 Å². The van der Waals surface area contributed by atoms with Gasteiger partial charge in [-0.05, 0) is 43.5 Å². The predicted octanol–water partition coefficient (Wildman–Crippen LogP) is 3.62. The highest BCUT2D eigenvalue weighted by atomic mass is 16.5. The number of fused-ring (bicyclic) bond motifs is 1. The van der Waals surface area contributed by atoms with Crippen LogP contribution in [0.3, 0.4) is 0 Å². The van der Waals surface area contributed by atoms with Gasteiger partial charge in [-0.25, -0.2) is 19.9 Å². The smallest absolute Gasteiger partial charge is 0.208 e. The van der Waals surface area contributed by atoms with E-state index >= 15 is 0 Å². The number of hydrogen-bond acceptors (Lipinski definition) is 14. The summed E-state index contributed by atoms with van der Waals surface area (Å²) >= 11 is 0. The van der Waals surface area contributed by atoms with Crippen LogP contribution in [0, 0.1) is 18.3 Å². The fraction of sp³-hybridized carbons (Fsp3) is 0.400. The van der Waals surface area contributed by atoms with Crippen molar-refractivity contribution in [1.29, 1.82) is 5.26 Å². The highest BCUT2D eigenvalue weighted by Crippen LogP contribution is 2.39. The van der Waals surface area contributed by atoms with Gasteiger partial charge in [-0.15, -0.1) is 10.2 Å². The Hall–Kier alpha value is -5.40. The highest BCUT2D eigenvalue weighted by molar-refractivity contribution is 5.92. The van der Waals surface area contributed by atoms with Crippen molar-refractivity contribution in [1.82, 2.24) is 44.7 Å². The SMILES string of the molecule is COc1c(Nc2cc(Nc3cnc(N4CCOCC4)c(C#N)n3)nc3c2nc(C)n3C2CCCCO2)cccc1-c1nnn(C)n1. The van der Waals surface area contributed by atoms with Crippen molar-refractivity contribution in [2.45, 2.75) is 32.4 Å². The number of aromatic nitrogens is 9. The molecular formula is C30H33N13O3. The van der Waals surface area contributed by atoms with Gasteiger partial charge in [0.1, 0.15) is 29.5 Å². The van der Waals surface area contributed by atoms with Gasteiger partial charge in [0, 0.05) is 25.8 Å². The first-order valence-corrected chi connectivity index (χ1v) is 15.1. The maximum absolute atomic E-state index is 9.91. The highest BCUT2D eigenvalue weighted by Gasteiger charge is 2.25. The van der Waals surface area contributed by atoms with Crippen LogP contribution in [0.2, 0.25) is 0 Å². The molecule has 0 radical (unpaired) electrons.